The quantitative estimate of drug-likeness (QED) is 0.359. The van der Waals surface area contributed by atoms with Crippen LogP contribution in [-0.4, -0.2) is 55.9 Å². The molecule has 1 fully saturated rings. The number of hydrogen-bond donors (Lipinski definition) is 1. The normalized spacial score (nSPS) is 15.7. The largest absolute Gasteiger partial charge is 0.366 e. The van der Waals surface area contributed by atoms with Crippen LogP contribution in [0, 0.1) is 10.1 Å². The van der Waals surface area contributed by atoms with Crippen LogP contribution in [0.5, 0.6) is 0 Å². The average Bonchev–Trinajstić information content (AvgIpc) is 3.32. The van der Waals surface area contributed by atoms with Crippen molar-refractivity contribution in [3.05, 3.63) is 34.4 Å². The Morgan fingerprint density at radius 3 is 2.04 bits per heavy atom. The number of halogens is 1. The summed E-state index contributed by atoms with van der Waals surface area (Å²) in [5.74, 6) is 0. The van der Waals surface area contributed by atoms with Crippen molar-refractivity contribution < 1.29 is 23.2 Å². The summed E-state index contributed by atoms with van der Waals surface area (Å²) < 4.78 is 25.8. The van der Waals surface area contributed by atoms with Crippen molar-refractivity contribution in [3.63, 3.8) is 0 Å². The summed E-state index contributed by atoms with van der Waals surface area (Å²) >= 11 is 0. The van der Waals surface area contributed by atoms with Gasteiger partial charge in [-0.1, -0.05) is 26.8 Å². The number of non-ortho nitro benzene ring substituents is 1. The summed E-state index contributed by atoms with van der Waals surface area (Å²) in [6, 6.07) is 4.54. The monoisotopic (exact) mass is 382 g/mol. The molecule has 0 amide bonds. The first kappa shape index (κ1) is 22.7. The minimum Gasteiger partial charge on any atom is -0.366 e. The standard InChI is InChI=1S/C6H4ClNO4S.C6H15N.C2H4O2/c7-13(11,12)6-3-1-2-5(4-6)8(9)10;1-4-7(5-2)6-3;3-2-1-4-2/h1-4H;4-6H2,1-3H3;2-3H,1H2/t;;2-/m..1/s1. The van der Waals surface area contributed by atoms with E-state index in [2.05, 4.69) is 30.4 Å². The number of nitro benzene ring substituents is 1. The Kier molecular flexibility index (Phi) is 10.7. The molecule has 0 aromatic heterocycles. The lowest BCUT2D eigenvalue weighted by Gasteiger charge is -2.13. The molecule has 0 unspecified atom stereocenters. The highest BCUT2D eigenvalue weighted by atomic mass is 35.7. The Morgan fingerprint density at radius 1 is 1.33 bits per heavy atom. The zero-order valence-electron chi connectivity index (χ0n) is 13.9. The molecular weight excluding hydrogens is 360 g/mol. The van der Waals surface area contributed by atoms with Crippen molar-refractivity contribution in [3.8, 4) is 0 Å². The van der Waals surface area contributed by atoms with Gasteiger partial charge in [-0.05, 0) is 25.7 Å². The van der Waals surface area contributed by atoms with Crippen molar-refractivity contribution in [1.82, 2.24) is 4.90 Å². The van der Waals surface area contributed by atoms with Crippen LogP contribution in [0.4, 0.5) is 5.69 Å². The van der Waals surface area contributed by atoms with Gasteiger partial charge in [0, 0.05) is 22.8 Å². The van der Waals surface area contributed by atoms with E-state index in [1.807, 2.05) is 0 Å². The highest BCUT2D eigenvalue weighted by molar-refractivity contribution is 8.13. The third-order valence-corrected chi connectivity index (χ3v) is 4.32. The summed E-state index contributed by atoms with van der Waals surface area (Å²) in [5.41, 5.74) is -0.304. The molecule has 0 aliphatic carbocycles. The third kappa shape index (κ3) is 10.5. The van der Waals surface area contributed by atoms with Crippen LogP contribution in [0.3, 0.4) is 0 Å². The molecular formula is C14H23ClN2O6S. The second-order valence-electron chi connectivity index (χ2n) is 4.60. The third-order valence-electron chi connectivity index (χ3n) is 2.97. The van der Waals surface area contributed by atoms with Crippen LogP contribution < -0.4 is 0 Å². The zero-order chi connectivity index (χ0) is 18.8. The van der Waals surface area contributed by atoms with Crippen LogP contribution in [0.15, 0.2) is 29.2 Å². The van der Waals surface area contributed by atoms with Gasteiger partial charge in [-0.2, -0.15) is 0 Å². The molecule has 10 heteroatoms. The molecule has 2 rings (SSSR count). The lowest BCUT2D eigenvalue weighted by Crippen LogP contribution is -2.21. The highest BCUT2D eigenvalue weighted by Gasteiger charge is 2.16. The highest BCUT2D eigenvalue weighted by Crippen LogP contribution is 2.19. The molecule has 8 nitrogen and oxygen atoms in total. The first-order valence-electron chi connectivity index (χ1n) is 7.36. The average molecular weight is 383 g/mol. The van der Waals surface area contributed by atoms with Crippen molar-refractivity contribution in [2.45, 2.75) is 32.0 Å². The summed E-state index contributed by atoms with van der Waals surface area (Å²) in [5, 5.41) is 18.2. The second-order valence-corrected chi connectivity index (χ2v) is 7.17. The number of aliphatic hydroxyl groups is 1. The second kappa shape index (κ2) is 11.3. The van der Waals surface area contributed by atoms with Crippen LogP contribution in [0.2, 0.25) is 0 Å². The van der Waals surface area contributed by atoms with Gasteiger partial charge in [0.05, 0.1) is 9.82 Å². The van der Waals surface area contributed by atoms with E-state index in [0.29, 0.717) is 6.61 Å². The van der Waals surface area contributed by atoms with Crippen LogP contribution in [-0.2, 0) is 13.8 Å². The minimum atomic E-state index is -3.89. The molecule has 1 aromatic carbocycles. The molecule has 1 N–H and O–H groups in total. The van der Waals surface area contributed by atoms with E-state index in [4.69, 9.17) is 15.8 Å². The van der Waals surface area contributed by atoms with Gasteiger partial charge >= 0.3 is 0 Å². The van der Waals surface area contributed by atoms with Crippen LogP contribution in [0.25, 0.3) is 0 Å². The lowest BCUT2D eigenvalue weighted by atomic mass is 10.3. The van der Waals surface area contributed by atoms with E-state index >= 15 is 0 Å². The molecule has 0 bridgehead atoms. The number of benzene rings is 1. The van der Waals surface area contributed by atoms with E-state index in [0.717, 1.165) is 6.07 Å². The number of nitrogens with zero attached hydrogens (tertiary/aromatic N) is 2. The molecule has 1 saturated heterocycles. The van der Waals surface area contributed by atoms with Gasteiger partial charge in [0.15, 0.2) is 6.29 Å². The fourth-order valence-corrected chi connectivity index (χ4v) is 2.25. The molecule has 0 saturated carbocycles. The van der Waals surface area contributed by atoms with E-state index in [9.17, 15) is 18.5 Å². The van der Waals surface area contributed by atoms with E-state index in [1.165, 1.54) is 37.8 Å². The molecule has 0 radical (unpaired) electrons. The molecule has 1 atom stereocenters. The summed E-state index contributed by atoms with van der Waals surface area (Å²) in [4.78, 5) is 11.7. The van der Waals surface area contributed by atoms with Gasteiger partial charge < -0.3 is 14.7 Å². The van der Waals surface area contributed by atoms with E-state index < -0.39 is 20.3 Å². The van der Waals surface area contributed by atoms with Crippen LogP contribution >= 0.6 is 10.7 Å². The molecule has 1 aliphatic rings. The summed E-state index contributed by atoms with van der Waals surface area (Å²) in [6.45, 7) is 10.7. The topological polar surface area (TPSA) is 113 Å². The lowest BCUT2D eigenvalue weighted by molar-refractivity contribution is -0.385. The van der Waals surface area contributed by atoms with E-state index in [1.54, 1.807) is 0 Å². The number of epoxide rings is 1. The fourth-order valence-electron chi connectivity index (χ4n) is 1.46. The maximum absolute atomic E-state index is 10.8. The van der Waals surface area contributed by atoms with Gasteiger partial charge in [-0.15, -0.1) is 0 Å². The Hall–Kier alpha value is -1.26. The first-order valence-corrected chi connectivity index (χ1v) is 9.67. The SMILES string of the molecule is CCN(CC)CC.O=[N+]([O-])c1cccc(S(=O)(=O)Cl)c1.O[C@H]1CO1. The maximum Gasteiger partial charge on any atom is 0.270 e. The molecule has 1 aliphatic heterocycles. The van der Waals surface area contributed by atoms with Crippen molar-refractivity contribution in [1.29, 1.82) is 0 Å². The molecule has 1 heterocycles. The van der Waals surface area contributed by atoms with Crippen molar-refractivity contribution >= 4 is 25.4 Å². The smallest absolute Gasteiger partial charge is 0.270 e. The Labute approximate surface area is 146 Å². The Balaban J connectivity index is 0.000000399. The maximum atomic E-state index is 10.8. The van der Waals surface area contributed by atoms with Gasteiger partial charge in [-0.3, -0.25) is 10.1 Å². The molecule has 1 aromatic rings. The number of nitro groups is 1. The molecule has 0 spiro atoms. The fraction of sp³-hybridized carbons (Fsp3) is 0.571. The first-order chi connectivity index (χ1) is 11.1. The van der Waals surface area contributed by atoms with Gasteiger partial charge in [0.1, 0.15) is 6.61 Å². The Bertz CT molecular complexity index is 598. The van der Waals surface area contributed by atoms with E-state index in [-0.39, 0.29) is 10.6 Å². The van der Waals surface area contributed by atoms with Crippen LogP contribution in [0.1, 0.15) is 20.8 Å². The number of rotatable bonds is 5. The summed E-state index contributed by atoms with van der Waals surface area (Å²) in [7, 11) is 1.09. The number of aliphatic hydroxyl groups excluding tert-OH is 1. The van der Waals surface area contributed by atoms with Gasteiger partial charge in [-0.25, -0.2) is 8.42 Å². The summed E-state index contributed by atoms with van der Waals surface area (Å²) in [6.07, 6.45) is -0.417. The minimum absolute atomic E-state index is 0.275. The van der Waals surface area contributed by atoms with Gasteiger partial charge in [0.2, 0.25) is 0 Å². The predicted molar refractivity (Wildman–Crippen MR) is 91.6 cm³/mol. The van der Waals surface area contributed by atoms with Crippen molar-refractivity contribution in [2.75, 3.05) is 26.2 Å². The zero-order valence-corrected chi connectivity index (χ0v) is 15.5. The number of ether oxygens (including phenoxy) is 1. The molecule has 138 valence electrons. The Morgan fingerprint density at radius 2 is 1.79 bits per heavy atom. The van der Waals surface area contributed by atoms with Gasteiger partial charge in [0.25, 0.3) is 14.7 Å². The van der Waals surface area contributed by atoms with Crippen molar-refractivity contribution in [2.24, 2.45) is 0 Å². The number of hydrogen-bond acceptors (Lipinski definition) is 7. The predicted octanol–water partition coefficient (Wildman–Crippen LogP) is 2.21. The molecule has 24 heavy (non-hydrogen) atoms.